The molecule has 1 aromatic heterocycles. The first-order chi connectivity index (χ1) is 12.4. The monoisotopic (exact) mass is 378 g/mol. The number of carbonyl (C=O) groups is 1. The van der Waals surface area contributed by atoms with E-state index in [0.29, 0.717) is 29.3 Å². The molecule has 0 radical (unpaired) electrons. The van der Waals surface area contributed by atoms with Gasteiger partial charge in [0.25, 0.3) is 6.02 Å². The number of hydrogen-bond donors (Lipinski definition) is 2. The minimum absolute atomic E-state index is 0.00438. The van der Waals surface area contributed by atoms with Crippen LogP contribution in [0, 0.1) is 5.82 Å². The Morgan fingerprint density at radius 3 is 2.92 bits per heavy atom. The molecule has 0 fully saturated rings. The predicted octanol–water partition coefficient (Wildman–Crippen LogP) is 3.44. The van der Waals surface area contributed by atoms with Crippen LogP contribution in [-0.2, 0) is 10.3 Å². The molecule has 9 heteroatoms. The summed E-state index contributed by atoms with van der Waals surface area (Å²) >= 11 is 5.72. The second-order valence-corrected chi connectivity index (χ2v) is 6.28. The van der Waals surface area contributed by atoms with E-state index in [4.69, 9.17) is 26.8 Å². The molecular formula is C17H16ClFN4O3. The summed E-state index contributed by atoms with van der Waals surface area (Å²) < 4.78 is 24.5. The lowest BCUT2D eigenvalue weighted by Gasteiger charge is -2.30. The second kappa shape index (κ2) is 7.17. The maximum absolute atomic E-state index is 14.3. The number of carbonyl (C=O) groups excluding carboxylic acids is 1. The fourth-order valence-electron chi connectivity index (χ4n) is 2.56. The molecule has 3 rings (SSSR count). The Hall–Kier alpha value is -2.87. The van der Waals surface area contributed by atoms with Gasteiger partial charge in [0.05, 0.1) is 17.2 Å². The van der Waals surface area contributed by atoms with Gasteiger partial charge >= 0.3 is 6.09 Å². The topological polar surface area (TPSA) is 98.8 Å². The van der Waals surface area contributed by atoms with Crippen molar-refractivity contribution in [3.05, 3.63) is 52.9 Å². The number of nitrogens with one attached hydrogen (secondary N) is 1. The summed E-state index contributed by atoms with van der Waals surface area (Å²) in [7, 11) is 0. The molecule has 0 spiro atoms. The number of halogens is 2. The molecule has 2 heterocycles. The number of ether oxygens (including phenoxy) is 2. The van der Waals surface area contributed by atoms with Crippen LogP contribution in [0.2, 0.25) is 5.02 Å². The second-order valence-electron chi connectivity index (χ2n) is 5.85. The van der Waals surface area contributed by atoms with Gasteiger partial charge in [-0.25, -0.2) is 19.2 Å². The van der Waals surface area contributed by atoms with Crippen LogP contribution in [-0.4, -0.2) is 23.7 Å². The minimum Gasteiger partial charge on any atom is -0.465 e. The Kier molecular flexibility index (Phi) is 4.94. The number of aliphatic imine (C=N–C) groups is 1. The molecule has 1 aliphatic heterocycles. The number of anilines is 1. The Labute approximate surface area is 154 Å². The summed E-state index contributed by atoms with van der Waals surface area (Å²) in [6.45, 7) is 2.08. The first kappa shape index (κ1) is 17.9. The van der Waals surface area contributed by atoms with Crippen LogP contribution in [0.15, 0.2) is 41.5 Å². The highest BCUT2D eigenvalue weighted by Gasteiger charge is 2.33. The summed E-state index contributed by atoms with van der Waals surface area (Å²) in [6, 6.07) is 7.17. The third-order valence-electron chi connectivity index (χ3n) is 3.89. The van der Waals surface area contributed by atoms with Crippen molar-refractivity contribution < 1.29 is 18.7 Å². The van der Waals surface area contributed by atoms with Gasteiger partial charge in [0.15, 0.2) is 0 Å². The average molecular weight is 379 g/mol. The number of pyridine rings is 1. The molecule has 0 saturated carbocycles. The van der Waals surface area contributed by atoms with Crippen molar-refractivity contribution in [3.8, 4) is 5.88 Å². The highest BCUT2D eigenvalue weighted by atomic mass is 35.5. The van der Waals surface area contributed by atoms with Gasteiger partial charge in [-0.3, -0.25) is 5.32 Å². The van der Waals surface area contributed by atoms with Crippen LogP contribution < -0.4 is 15.8 Å². The molecule has 136 valence electrons. The van der Waals surface area contributed by atoms with Gasteiger partial charge < -0.3 is 15.2 Å². The average Bonchev–Trinajstić information content (AvgIpc) is 2.58. The lowest BCUT2D eigenvalue weighted by molar-refractivity contribution is 0.212. The zero-order chi connectivity index (χ0) is 18.7. The Morgan fingerprint density at radius 1 is 1.42 bits per heavy atom. The lowest BCUT2D eigenvalue weighted by Crippen LogP contribution is -2.34. The predicted molar refractivity (Wildman–Crippen MR) is 94.8 cm³/mol. The van der Waals surface area contributed by atoms with Crippen LogP contribution in [0.3, 0.4) is 0 Å². The van der Waals surface area contributed by atoms with Crippen LogP contribution >= 0.6 is 11.6 Å². The number of amides is 1. The number of benzene rings is 1. The smallest absolute Gasteiger partial charge is 0.418 e. The van der Waals surface area contributed by atoms with Crippen LogP contribution in [0.25, 0.3) is 0 Å². The first-order valence-electron chi connectivity index (χ1n) is 7.74. The molecular weight excluding hydrogens is 363 g/mol. The third kappa shape index (κ3) is 4.02. The normalized spacial score (nSPS) is 19.3. The summed E-state index contributed by atoms with van der Waals surface area (Å²) in [5, 5.41) is 2.95. The fraction of sp³-hybridized carbons (Fsp3) is 0.235. The fourth-order valence-corrected chi connectivity index (χ4v) is 2.67. The maximum Gasteiger partial charge on any atom is 0.418 e. The molecule has 7 nitrogen and oxygen atoms in total. The quantitative estimate of drug-likeness (QED) is 0.852. The van der Waals surface area contributed by atoms with E-state index in [2.05, 4.69) is 15.3 Å². The van der Waals surface area contributed by atoms with E-state index >= 15 is 0 Å². The van der Waals surface area contributed by atoms with E-state index < -0.39 is 17.4 Å². The van der Waals surface area contributed by atoms with Crippen molar-refractivity contribution in [2.75, 3.05) is 11.9 Å². The molecule has 1 amide bonds. The number of rotatable bonds is 3. The number of amidine groups is 1. The standard InChI is InChI=1S/C17H16ClFN4O3/c1-17(6-7-25-15(20)23-17)12-8-11(3-4-13(12)19)22-16(24)26-14-5-2-10(18)9-21-14/h2-5,8-9H,6-7H2,1H3,(H2,20,23)(H,22,24)/t17-/m0/s1. The Morgan fingerprint density at radius 2 is 2.23 bits per heavy atom. The van der Waals surface area contributed by atoms with Gasteiger partial charge in [-0.15, -0.1) is 0 Å². The first-order valence-corrected chi connectivity index (χ1v) is 8.12. The van der Waals surface area contributed by atoms with Crippen LogP contribution in [0.4, 0.5) is 14.9 Å². The highest BCUT2D eigenvalue weighted by molar-refractivity contribution is 6.30. The van der Waals surface area contributed by atoms with Crippen molar-refractivity contribution in [3.63, 3.8) is 0 Å². The Balaban J connectivity index is 1.78. The van der Waals surface area contributed by atoms with Crippen molar-refractivity contribution in [1.29, 1.82) is 0 Å². The zero-order valence-corrected chi connectivity index (χ0v) is 14.6. The van der Waals surface area contributed by atoms with E-state index in [-0.39, 0.29) is 11.9 Å². The molecule has 0 unspecified atom stereocenters. The molecule has 2 aromatic rings. The maximum atomic E-state index is 14.3. The molecule has 1 aromatic carbocycles. The van der Waals surface area contributed by atoms with Gasteiger partial charge in [0, 0.05) is 29.9 Å². The van der Waals surface area contributed by atoms with E-state index in [1.165, 1.54) is 30.5 Å². The summed E-state index contributed by atoms with van der Waals surface area (Å²) in [5.41, 5.74) is 5.38. The van der Waals surface area contributed by atoms with Gasteiger partial charge in [-0.2, -0.15) is 0 Å². The molecule has 26 heavy (non-hydrogen) atoms. The Bertz CT molecular complexity index is 860. The van der Waals surface area contributed by atoms with Crippen LogP contribution in [0.1, 0.15) is 18.9 Å². The molecule has 1 aliphatic rings. The van der Waals surface area contributed by atoms with Crippen molar-refractivity contribution in [2.45, 2.75) is 18.9 Å². The van der Waals surface area contributed by atoms with E-state index in [1.807, 2.05) is 0 Å². The molecule has 1 atom stereocenters. The summed E-state index contributed by atoms with van der Waals surface area (Å²) in [6.07, 6.45) is 1.04. The number of nitrogens with two attached hydrogens (primary N) is 1. The molecule has 0 aliphatic carbocycles. The number of hydrogen-bond acceptors (Lipinski definition) is 6. The van der Waals surface area contributed by atoms with Gasteiger partial charge in [-0.1, -0.05) is 11.6 Å². The zero-order valence-electron chi connectivity index (χ0n) is 13.8. The van der Waals surface area contributed by atoms with Gasteiger partial charge in [0.2, 0.25) is 5.88 Å². The van der Waals surface area contributed by atoms with Gasteiger partial charge in [0.1, 0.15) is 5.82 Å². The van der Waals surface area contributed by atoms with Gasteiger partial charge in [-0.05, 0) is 31.2 Å². The van der Waals surface area contributed by atoms with E-state index in [0.717, 1.165) is 0 Å². The largest absolute Gasteiger partial charge is 0.465 e. The SMILES string of the molecule is C[C@@]1(c2cc(NC(=O)Oc3ccc(Cl)cn3)ccc2F)CCOC(N)=N1. The van der Waals surface area contributed by atoms with Crippen LogP contribution in [0.5, 0.6) is 5.88 Å². The van der Waals surface area contributed by atoms with Crippen molar-refractivity contribution >= 4 is 29.4 Å². The number of nitrogens with zero attached hydrogens (tertiary/aromatic N) is 2. The van der Waals surface area contributed by atoms with Crippen molar-refractivity contribution in [1.82, 2.24) is 4.98 Å². The van der Waals surface area contributed by atoms with Crippen molar-refractivity contribution in [2.24, 2.45) is 10.7 Å². The summed E-state index contributed by atoms with van der Waals surface area (Å²) in [4.78, 5) is 20.1. The van der Waals surface area contributed by atoms with E-state index in [9.17, 15) is 9.18 Å². The molecule has 0 bridgehead atoms. The summed E-state index contributed by atoms with van der Waals surface area (Å²) in [5.74, 6) is -0.368. The minimum atomic E-state index is -0.883. The lowest BCUT2D eigenvalue weighted by atomic mass is 9.88. The third-order valence-corrected chi connectivity index (χ3v) is 4.11. The number of aromatic nitrogens is 1. The molecule has 0 saturated heterocycles. The molecule has 3 N–H and O–H groups in total. The van der Waals surface area contributed by atoms with E-state index in [1.54, 1.807) is 13.0 Å². The highest BCUT2D eigenvalue weighted by Crippen LogP contribution is 2.35.